The molecule has 1 fully saturated rings. The molecule has 5 nitrogen and oxygen atoms in total. The van der Waals surface area contributed by atoms with Gasteiger partial charge in [0.2, 0.25) is 5.91 Å². The predicted molar refractivity (Wildman–Crippen MR) is 64.3 cm³/mol. The van der Waals surface area contributed by atoms with Gasteiger partial charge in [-0.15, -0.1) is 0 Å². The van der Waals surface area contributed by atoms with Gasteiger partial charge in [0.25, 0.3) is 0 Å². The molecule has 1 rings (SSSR count). The molecule has 1 saturated heterocycles. The van der Waals surface area contributed by atoms with Crippen molar-refractivity contribution in [3.05, 3.63) is 0 Å². The minimum absolute atomic E-state index is 0.0976. The second kappa shape index (κ2) is 4.94. The number of hydrogen-bond acceptors (Lipinski definition) is 3. The Morgan fingerprint density at radius 1 is 1.29 bits per heavy atom. The van der Waals surface area contributed by atoms with Gasteiger partial charge in [0.15, 0.2) is 0 Å². The molecule has 17 heavy (non-hydrogen) atoms. The summed E-state index contributed by atoms with van der Waals surface area (Å²) in [6, 6.07) is 0.0976. The average Bonchev–Trinajstić information content (AvgIpc) is 2.14. The first-order valence-corrected chi connectivity index (χ1v) is 5.99. The third-order valence-corrected chi connectivity index (χ3v) is 2.91. The molecule has 0 saturated carbocycles. The van der Waals surface area contributed by atoms with Crippen LogP contribution in [0.15, 0.2) is 0 Å². The number of piperidine rings is 1. The zero-order chi connectivity index (χ0) is 13.2. The number of carbonyl (C=O) groups is 2. The Morgan fingerprint density at radius 3 is 2.35 bits per heavy atom. The summed E-state index contributed by atoms with van der Waals surface area (Å²) in [7, 11) is 0. The Morgan fingerprint density at radius 2 is 1.88 bits per heavy atom. The fraction of sp³-hybridized carbons (Fsp3) is 0.833. The van der Waals surface area contributed by atoms with E-state index in [9.17, 15) is 9.59 Å². The molecule has 98 valence electrons. The Kier molecular flexibility index (Phi) is 4.01. The maximum absolute atomic E-state index is 11.9. The first-order chi connectivity index (χ1) is 7.70. The highest BCUT2D eigenvalue weighted by molar-refractivity contribution is 5.78. The van der Waals surface area contributed by atoms with Crippen molar-refractivity contribution >= 4 is 12.0 Å². The average molecular weight is 242 g/mol. The SMILES string of the molecule is C[C@@H]1CCC(C(N)=O)CN1C(=O)OC(C)(C)C. The number of hydrogen-bond donors (Lipinski definition) is 1. The van der Waals surface area contributed by atoms with E-state index in [1.165, 1.54) is 0 Å². The zero-order valence-corrected chi connectivity index (χ0v) is 11.0. The molecule has 5 heteroatoms. The van der Waals surface area contributed by atoms with E-state index < -0.39 is 5.60 Å². The van der Waals surface area contributed by atoms with Crippen LogP contribution in [-0.4, -0.2) is 35.1 Å². The fourth-order valence-corrected chi connectivity index (χ4v) is 1.91. The van der Waals surface area contributed by atoms with Gasteiger partial charge in [-0.3, -0.25) is 4.79 Å². The molecule has 1 unspecified atom stereocenters. The van der Waals surface area contributed by atoms with Gasteiger partial charge >= 0.3 is 6.09 Å². The lowest BCUT2D eigenvalue weighted by Crippen LogP contribution is -2.50. The van der Waals surface area contributed by atoms with Gasteiger partial charge in [-0.2, -0.15) is 0 Å². The van der Waals surface area contributed by atoms with Gasteiger partial charge in [0.1, 0.15) is 5.60 Å². The number of primary amides is 1. The Hall–Kier alpha value is -1.26. The lowest BCUT2D eigenvalue weighted by Gasteiger charge is -2.37. The molecule has 0 aliphatic carbocycles. The van der Waals surface area contributed by atoms with Crippen LogP contribution in [0.3, 0.4) is 0 Å². The third-order valence-electron chi connectivity index (χ3n) is 2.91. The lowest BCUT2D eigenvalue weighted by atomic mass is 9.93. The first-order valence-electron chi connectivity index (χ1n) is 5.99. The number of nitrogens with zero attached hydrogens (tertiary/aromatic N) is 1. The number of ether oxygens (including phenoxy) is 1. The van der Waals surface area contributed by atoms with Crippen LogP contribution in [0.5, 0.6) is 0 Å². The lowest BCUT2D eigenvalue weighted by molar-refractivity contribution is -0.123. The van der Waals surface area contributed by atoms with Crippen LogP contribution in [0.2, 0.25) is 0 Å². The van der Waals surface area contributed by atoms with E-state index in [2.05, 4.69) is 0 Å². The molecule has 1 aliphatic heterocycles. The minimum atomic E-state index is -0.517. The summed E-state index contributed by atoms with van der Waals surface area (Å²) in [5.41, 5.74) is 4.77. The van der Waals surface area contributed by atoms with E-state index in [0.717, 1.165) is 12.8 Å². The fourth-order valence-electron chi connectivity index (χ4n) is 1.91. The summed E-state index contributed by atoms with van der Waals surface area (Å²) in [5.74, 6) is -0.593. The molecular weight excluding hydrogens is 220 g/mol. The summed E-state index contributed by atoms with van der Waals surface area (Å²) >= 11 is 0. The van der Waals surface area contributed by atoms with Crippen molar-refractivity contribution in [1.82, 2.24) is 4.90 Å². The van der Waals surface area contributed by atoms with Gasteiger partial charge in [0, 0.05) is 12.6 Å². The van der Waals surface area contributed by atoms with Crippen LogP contribution in [0, 0.1) is 5.92 Å². The standard InChI is InChI=1S/C12H22N2O3/c1-8-5-6-9(10(13)15)7-14(8)11(16)17-12(2,3)4/h8-9H,5-7H2,1-4H3,(H2,13,15)/t8-,9?/m1/s1. The maximum Gasteiger partial charge on any atom is 0.410 e. The van der Waals surface area contributed by atoms with Crippen molar-refractivity contribution in [3.63, 3.8) is 0 Å². The number of carbonyl (C=O) groups excluding carboxylic acids is 2. The van der Waals surface area contributed by atoms with E-state index in [1.807, 2.05) is 27.7 Å². The van der Waals surface area contributed by atoms with E-state index in [-0.39, 0.29) is 24.0 Å². The van der Waals surface area contributed by atoms with Crippen LogP contribution >= 0.6 is 0 Å². The van der Waals surface area contributed by atoms with Crippen LogP contribution in [0.25, 0.3) is 0 Å². The van der Waals surface area contributed by atoms with E-state index in [0.29, 0.717) is 6.54 Å². The predicted octanol–water partition coefficient (Wildman–Crippen LogP) is 1.51. The second-order valence-corrected chi connectivity index (χ2v) is 5.66. The number of rotatable bonds is 1. The van der Waals surface area contributed by atoms with Crippen molar-refractivity contribution in [2.75, 3.05) is 6.54 Å². The normalized spacial score (nSPS) is 25.5. The van der Waals surface area contributed by atoms with Crippen molar-refractivity contribution in [3.8, 4) is 0 Å². The van der Waals surface area contributed by atoms with Crippen LogP contribution in [-0.2, 0) is 9.53 Å². The molecule has 0 bridgehead atoms. The molecule has 2 amide bonds. The van der Waals surface area contributed by atoms with Crippen LogP contribution in [0.1, 0.15) is 40.5 Å². The van der Waals surface area contributed by atoms with Crippen molar-refractivity contribution in [1.29, 1.82) is 0 Å². The van der Waals surface area contributed by atoms with Gasteiger partial charge in [-0.05, 0) is 40.5 Å². The topological polar surface area (TPSA) is 72.6 Å². The van der Waals surface area contributed by atoms with Crippen LogP contribution in [0.4, 0.5) is 4.79 Å². The summed E-state index contributed by atoms with van der Waals surface area (Å²) in [6.07, 6.45) is 1.17. The van der Waals surface area contributed by atoms with Gasteiger partial charge in [-0.1, -0.05) is 0 Å². The largest absolute Gasteiger partial charge is 0.444 e. The molecular formula is C12H22N2O3. The molecule has 0 spiro atoms. The molecule has 1 aliphatic rings. The highest BCUT2D eigenvalue weighted by Gasteiger charge is 2.33. The number of amides is 2. The van der Waals surface area contributed by atoms with Gasteiger partial charge in [-0.25, -0.2) is 4.79 Å². The molecule has 0 aromatic rings. The molecule has 2 N–H and O–H groups in total. The minimum Gasteiger partial charge on any atom is -0.444 e. The molecule has 0 radical (unpaired) electrons. The first kappa shape index (κ1) is 13.8. The summed E-state index contributed by atoms with van der Waals surface area (Å²) < 4.78 is 5.31. The van der Waals surface area contributed by atoms with Crippen molar-refractivity contribution in [2.24, 2.45) is 11.7 Å². The second-order valence-electron chi connectivity index (χ2n) is 5.66. The van der Waals surface area contributed by atoms with Crippen molar-refractivity contribution < 1.29 is 14.3 Å². The smallest absolute Gasteiger partial charge is 0.410 e. The van der Waals surface area contributed by atoms with Crippen molar-refractivity contribution in [2.45, 2.75) is 52.2 Å². The highest BCUT2D eigenvalue weighted by atomic mass is 16.6. The third kappa shape index (κ3) is 3.91. The zero-order valence-electron chi connectivity index (χ0n) is 11.0. The number of likely N-dealkylation sites (tertiary alicyclic amines) is 1. The summed E-state index contributed by atoms with van der Waals surface area (Å²) in [4.78, 5) is 24.7. The van der Waals surface area contributed by atoms with E-state index >= 15 is 0 Å². The Bertz CT molecular complexity index is 309. The summed E-state index contributed by atoms with van der Waals surface area (Å²) in [5, 5.41) is 0. The van der Waals surface area contributed by atoms with E-state index in [1.54, 1.807) is 4.90 Å². The quantitative estimate of drug-likeness (QED) is 0.757. The van der Waals surface area contributed by atoms with Gasteiger partial charge < -0.3 is 15.4 Å². The molecule has 2 atom stereocenters. The van der Waals surface area contributed by atoms with Crippen LogP contribution < -0.4 is 5.73 Å². The Labute approximate surface area is 102 Å². The van der Waals surface area contributed by atoms with Gasteiger partial charge in [0.05, 0.1) is 5.92 Å². The Balaban J connectivity index is 2.67. The molecule has 0 aromatic heterocycles. The number of nitrogens with two attached hydrogens (primary N) is 1. The maximum atomic E-state index is 11.9. The monoisotopic (exact) mass is 242 g/mol. The van der Waals surface area contributed by atoms with E-state index in [4.69, 9.17) is 10.5 Å². The summed E-state index contributed by atoms with van der Waals surface area (Å²) in [6.45, 7) is 7.80. The molecule has 1 heterocycles. The molecule has 0 aromatic carbocycles. The highest BCUT2D eigenvalue weighted by Crippen LogP contribution is 2.23.